The fourth-order valence-electron chi connectivity index (χ4n) is 0.964. The van der Waals surface area contributed by atoms with Crippen molar-refractivity contribution < 1.29 is 13.9 Å². The highest BCUT2D eigenvalue weighted by Crippen LogP contribution is 2.11. The minimum Gasteiger partial charge on any atom is -0.466 e. The Labute approximate surface area is 81.0 Å². The zero-order valence-corrected chi connectivity index (χ0v) is 7.66. The van der Waals surface area contributed by atoms with Gasteiger partial charge in [-0.3, -0.25) is 0 Å². The average molecular weight is 195 g/mol. The fourth-order valence-corrected chi connectivity index (χ4v) is 0.964. The quantitative estimate of drug-likeness (QED) is 0.443. The lowest BCUT2D eigenvalue weighted by atomic mass is 10.2. The van der Waals surface area contributed by atoms with Crippen LogP contribution in [0.25, 0.3) is 6.08 Å². The van der Waals surface area contributed by atoms with Crippen molar-refractivity contribution >= 4 is 17.7 Å². The number of benzene rings is 1. The maximum atomic E-state index is 12.8. The van der Waals surface area contributed by atoms with Crippen molar-refractivity contribution in [1.82, 2.24) is 0 Å². The van der Waals surface area contributed by atoms with E-state index in [9.17, 15) is 9.18 Å². The van der Waals surface area contributed by atoms with Gasteiger partial charge < -0.3 is 10.5 Å². The highest BCUT2D eigenvalue weighted by atomic mass is 19.1. The second-order valence-electron chi connectivity index (χ2n) is 2.67. The Morgan fingerprint density at radius 1 is 1.50 bits per heavy atom. The van der Waals surface area contributed by atoms with Crippen LogP contribution >= 0.6 is 0 Å². The van der Waals surface area contributed by atoms with E-state index in [1.807, 2.05) is 0 Å². The first-order chi connectivity index (χ1) is 6.61. The molecule has 1 aromatic rings. The molecule has 1 rings (SSSR count). The first kappa shape index (κ1) is 10.2. The second kappa shape index (κ2) is 4.41. The molecule has 0 aromatic heterocycles. The van der Waals surface area contributed by atoms with E-state index in [0.717, 1.165) is 0 Å². The molecule has 0 saturated heterocycles. The minimum absolute atomic E-state index is 0.314. The van der Waals surface area contributed by atoms with Gasteiger partial charge >= 0.3 is 5.97 Å². The van der Waals surface area contributed by atoms with Crippen molar-refractivity contribution in [3.63, 3.8) is 0 Å². The Kier molecular flexibility index (Phi) is 3.23. The molecule has 0 radical (unpaired) electrons. The minimum atomic E-state index is -0.493. The van der Waals surface area contributed by atoms with Crippen molar-refractivity contribution in [2.24, 2.45) is 0 Å². The van der Waals surface area contributed by atoms with Gasteiger partial charge in [-0.25, -0.2) is 9.18 Å². The fraction of sp³-hybridized carbons (Fsp3) is 0.100. The summed E-state index contributed by atoms with van der Waals surface area (Å²) < 4.78 is 17.2. The molecule has 0 heterocycles. The van der Waals surface area contributed by atoms with E-state index in [-0.39, 0.29) is 0 Å². The van der Waals surface area contributed by atoms with Crippen LogP contribution in [0.1, 0.15) is 5.56 Å². The van der Waals surface area contributed by atoms with Crippen molar-refractivity contribution in [3.05, 3.63) is 35.7 Å². The molecule has 0 amide bonds. The first-order valence-electron chi connectivity index (χ1n) is 3.94. The third-order valence-corrected chi connectivity index (χ3v) is 1.56. The molecule has 0 saturated carbocycles. The molecule has 0 aliphatic heterocycles. The molecule has 14 heavy (non-hydrogen) atoms. The zero-order chi connectivity index (χ0) is 10.6. The van der Waals surface area contributed by atoms with Gasteiger partial charge in [0, 0.05) is 11.8 Å². The van der Waals surface area contributed by atoms with Gasteiger partial charge in [-0.05, 0) is 29.8 Å². The Balaban J connectivity index is 2.86. The number of anilines is 1. The summed E-state index contributed by atoms with van der Waals surface area (Å²) in [5.74, 6) is -0.928. The number of methoxy groups -OCH3 is 1. The van der Waals surface area contributed by atoms with E-state index in [4.69, 9.17) is 5.73 Å². The maximum absolute atomic E-state index is 12.8. The average Bonchev–Trinajstić information content (AvgIpc) is 2.12. The molecule has 74 valence electrons. The molecule has 2 N–H and O–H groups in total. The van der Waals surface area contributed by atoms with Crippen LogP contribution in [-0.2, 0) is 9.53 Å². The van der Waals surface area contributed by atoms with E-state index in [1.165, 1.54) is 31.4 Å². The first-order valence-corrected chi connectivity index (χ1v) is 3.94. The summed E-state index contributed by atoms with van der Waals surface area (Å²) in [7, 11) is 1.27. The number of halogens is 1. The van der Waals surface area contributed by atoms with Crippen LogP contribution in [0.4, 0.5) is 10.1 Å². The lowest BCUT2D eigenvalue weighted by molar-refractivity contribution is -0.134. The van der Waals surface area contributed by atoms with Gasteiger partial charge in [0.05, 0.1) is 7.11 Å². The third kappa shape index (κ3) is 2.90. The number of nitrogen functional groups attached to an aromatic ring is 1. The zero-order valence-electron chi connectivity index (χ0n) is 7.66. The number of nitrogens with two attached hydrogens (primary N) is 1. The van der Waals surface area contributed by atoms with E-state index >= 15 is 0 Å². The van der Waals surface area contributed by atoms with Crippen LogP contribution < -0.4 is 5.73 Å². The number of hydrogen-bond donors (Lipinski definition) is 1. The predicted molar refractivity (Wildman–Crippen MR) is 51.9 cm³/mol. The van der Waals surface area contributed by atoms with Crippen LogP contribution in [0.15, 0.2) is 24.3 Å². The van der Waals surface area contributed by atoms with Crippen LogP contribution in [0.3, 0.4) is 0 Å². The smallest absolute Gasteiger partial charge is 0.330 e. The number of rotatable bonds is 2. The lowest BCUT2D eigenvalue weighted by Crippen LogP contribution is -1.93. The third-order valence-electron chi connectivity index (χ3n) is 1.56. The number of carbonyl (C=O) groups is 1. The summed E-state index contributed by atoms with van der Waals surface area (Å²) in [4.78, 5) is 10.7. The van der Waals surface area contributed by atoms with Gasteiger partial charge in [0.1, 0.15) is 5.82 Å². The molecule has 1 aromatic carbocycles. The van der Waals surface area contributed by atoms with Gasteiger partial charge in [-0.15, -0.1) is 0 Å². The number of carbonyl (C=O) groups excluding carboxylic acids is 1. The van der Waals surface area contributed by atoms with Gasteiger partial charge in [-0.1, -0.05) is 0 Å². The normalized spacial score (nSPS) is 10.4. The molecule has 3 nitrogen and oxygen atoms in total. The predicted octanol–water partition coefficient (Wildman–Crippen LogP) is 1.59. The van der Waals surface area contributed by atoms with Crippen molar-refractivity contribution in [2.75, 3.05) is 12.8 Å². The maximum Gasteiger partial charge on any atom is 0.330 e. The van der Waals surface area contributed by atoms with E-state index < -0.39 is 11.8 Å². The molecule has 0 fully saturated rings. The van der Waals surface area contributed by atoms with Crippen LogP contribution in [0, 0.1) is 5.82 Å². The van der Waals surface area contributed by atoms with Gasteiger partial charge in [0.25, 0.3) is 0 Å². The summed E-state index contributed by atoms with van der Waals surface area (Å²) in [5, 5.41) is 0. The summed E-state index contributed by atoms with van der Waals surface area (Å²) in [5.41, 5.74) is 6.24. The summed E-state index contributed by atoms with van der Waals surface area (Å²) in [6, 6.07) is 4.04. The molecule has 4 heteroatoms. The number of hydrogen-bond acceptors (Lipinski definition) is 3. The highest BCUT2D eigenvalue weighted by molar-refractivity contribution is 5.87. The highest BCUT2D eigenvalue weighted by Gasteiger charge is 1.96. The summed E-state index contributed by atoms with van der Waals surface area (Å²) >= 11 is 0. The molecule has 0 aliphatic rings. The molecular weight excluding hydrogens is 185 g/mol. The second-order valence-corrected chi connectivity index (χ2v) is 2.67. The summed E-state index contributed by atoms with van der Waals surface area (Å²) in [6.07, 6.45) is 2.64. The molecule has 0 atom stereocenters. The van der Waals surface area contributed by atoms with E-state index in [2.05, 4.69) is 4.74 Å². The van der Waals surface area contributed by atoms with Crippen LogP contribution in [-0.4, -0.2) is 13.1 Å². The lowest BCUT2D eigenvalue weighted by Gasteiger charge is -1.97. The largest absolute Gasteiger partial charge is 0.466 e. The SMILES string of the molecule is COC(=O)/C=C/c1cc(N)cc(F)c1. The van der Waals surface area contributed by atoms with Crippen molar-refractivity contribution in [2.45, 2.75) is 0 Å². The Hall–Kier alpha value is -1.84. The molecule has 0 spiro atoms. The van der Waals surface area contributed by atoms with E-state index in [0.29, 0.717) is 11.3 Å². The number of ether oxygens (including phenoxy) is 1. The number of esters is 1. The molecular formula is C10H10FNO2. The van der Waals surface area contributed by atoms with Crippen LogP contribution in [0.5, 0.6) is 0 Å². The van der Waals surface area contributed by atoms with Gasteiger partial charge in [0.15, 0.2) is 0 Å². The van der Waals surface area contributed by atoms with Crippen LogP contribution in [0.2, 0.25) is 0 Å². The standard InChI is InChI=1S/C10H10FNO2/c1-14-10(13)3-2-7-4-8(11)6-9(12)5-7/h2-6H,12H2,1H3/b3-2+. The van der Waals surface area contributed by atoms with Crippen molar-refractivity contribution in [1.29, 1.82) is 0 Å². The molecule has 0 aliphatic carbocycles. The topological polar surface area (TPSA) is 52.3 Å². The Morgan fingerprint density at radius 2 is 2.21 bits per heavy atom. The van der Waals surface area contributed by atoms with Gasteiger partial charge in [0.2, 0.25) is 0 Å². The molecule has 0 unspecified atom stereocenters. The Morgan fingerprint density at radius 3 is 2.79 bits per heavy atom. The monoisotopic (exact) mass is 195 g/mol. The van der Waals surface area contributed by atoms with E-state index in [1.54, 1.807) is 6.07 Å². The Bertz CT molecular complexity index is 354. The van der Waals surface area contributed by atoms with Gasteiger partial charge in [-0.2, -0.15) is 0 Å². The molecule has 0 bridgehead atoms. The van der Waals surface area contributed by atoms with Crippen molar-refractivity contribution in [3.8, 4) is 0 Å². The summed E-state index contributed by atoms with van der Waals surface area (Å²) in [6.45, 7) is 0.